The molecule has 0 aliphatic rings. The summed E-state index contributed by atoms with van der Waals surface area (Å²) in [6, 6.07) is 17.7. The maximum atomic E-state index is 12.4. The molecule has 3 rings (SSSR count). The van der Waals surface area contributed by atoms with E-state index < -0.39 is 0 Å². The van der Waals surface area contributed by atoms with Crippen LogP contribution in [0.15, 0.2) is 59.4 Å². The normalized spacial score (nSPS) is 11.4. The molecular weight excluding hydrogens is 326 g/mol. The molecule has 0 bridgehead atoms. The minimum absolute atomic E-state index is 0.174. The molecule has 0 radical (unpaired) electrons. The molecule has 6 heteroatoms. The fraction of sp³-hybridized carbons (Fsp3) is 0.150. The first-order valence-electron chi connectivity index (χ1n) is 8.38. The largest absolute Gasteiger partial charge is 0.325 e. The Kier molecular flexibility index (Phi) is 5.12. The Hall–Kier alpha value is -3.41. The molecule has 1 heterocycles. The molecule has 6 nitrogen and oxygen atoms in total. The lowest BCUT2D eigenvalue weighted by atomic mass is 10.1. The number of benzene rings is 2. The number of aromatic amines is 1. The van der Waals surface area contributed by atoms with Crippen molar-refractivity contribution >= 4 is 17.6 Å². The Balaban J connectivity index is 1.82. The summed E-state index contributed by atoms with van der Waals surface area (Å²) < 4.78 is 0. The van der Waals surface area contributed by atoms with Gasteiger partial charge in [-0.1, -0.05) is 42.5 Å². The van der Waals surface area contributed by atoms with Gasteiger partial charge in [-0.15, -0.1) is 4.98 Å². The van der Waals surface area contributed by atoms with Crippen LogP contribution in [0.4, 0.5) is 11.6 Å². The lowest BCUT2D eigenvalue weighted by Gasteiger charge is -2.04. The zero-order chi connectivity index (χ0) is 18.5. The fourth-order valence-electron chi connectivity index (χ4n) is 2.71. The van der Waals surface area contributed by atoms with Gasteiger partial charge in [-0.05, 0) is 37.1 Å². The zero-order valence-electron chi connectivity index (χ0n) is 14.8. The van der Waals surface area contributed by atoms with E-state index in [1.165, 1.54) is 0 Å². The number of rotatable bonds is 4. The molecule has 0 aliphatic heterocycles. The number of anilines is 1. The van der Waals surface area contributed by atoms with Gasteiger partial charge in [0.15, 0.2) is 0 Å². The molecule has 2 aromatic carbocycles. The molecule has 0 unspecified atom stereocenters. The van der Waals surface area contributed by atoms with Gasteiger partial charge in [-0.2, -0.15) is 0 Å². The molecule has 3 aromatic rings. The highest BCUT2D eigenvalue weighted by Crippen LogP contribution is 2.09. The van der Waals surface area contributed by atoms with Gasteiger partial charge in [0, 0.05) is 6.42 Å². The lowest BCUT2D eigenvalue weighted by molar-refractivity contribution is -0.365. The second-order valence-corrected chi connectivity index (χ2v) is 6.17. The maximum Gasteiger partial charge on any atom is 0.325 e. The summed E-state index contributed by atoms with van der Waals surface area (Å²) in [6.45, 7) is 3.82. The number of aryl methyl sites for hydroxylation is 2. The molecule has 132 valence electrons. The van der Waals surface area contributed by atoms with Crippen LogP contribution in [-0.2, 0) is 6.42 Å². The number of nitrogens with two attached hydrogens (primary N) is 1. The number of aromatic nitrogens is 2. The molecule has 1 aromatic heterocycles. The zero-order valence-corrected chi connectivity index (χ0v) is 14.8. The smallest absolute Gasteiger partial charge is 0.322 e. The van der Waals surface area contributed by atoms with E-state index >= 15 is 0 Å². The molecule has 0 saturated carbocycles. The number of hydrogen-bond donors (Lipinski definition) is 4. The van der Waals surface area contributed by atoms with Crippen molar-refractivity contribution in [2.75, 3.05) is 5.32 Å². The number of nitrogens with one attached hydrogen (secondary N) is 3. The van der Waals surface area contributed by atoms with Gasteiger partial charge in [0.25, 0.3) is 11.5 Å². The van der Waals surface area contributed by atoms with Crippen molar-refractivity contribution < 1.29 is 4.99 Å². The van der Waals surface area contributed by atoms with Crippen molar-refractivity contribution in [2.45, 2.75) is 20.3 Å². The monoisotopic (exact) mass is 348 g/mol. The van der Waals surface area contributed by atoms with Crippen LogP contribution in [0.1, 0.15) is 22.4 Å². The summed E-state index contributed by atoms with van der Waals surface area (Å²) in [7, 11) is 0. The first kappa shape index (κ1) is 17.4. The molecular formula is C20H22N5O+. The summed E-state index contributed by atoms with van der Waals surface area (Å²) in [5.74, 6) is 0.593. The molecule has 0 aliphatic carbocycles. The van der Waals surface area contributed by atoms with Crippen molar-refractivity contribution in [1.29, 1.82) is 0 Å². The third-order valence-electron chi connectivity index (χ3n) is 4.00. The first-order chi connectivity index (χ1) is 12.5. The predicted octanol–water partition coefficient (Wildman–Crippen LogP) is 1.12. The van der Waals surface area contributed by atoms with Gasteiger partial charge in [-0.3, -0.25) is 10.1 Å². The number of guanidine groups is 1. The van der Waals surface area contributed by atoms with Crippen LogP contribution >= 0.6 is 0 Å². The van der Waals surface area contributed by atoms with Crippen LogP contribution in [0.25, 0.3) is 0 Å². The summed E-state index contributed by atoms with van der Waals surface area (Å²) >= 11 is 0. The predicted molar refractivity (Wildman–Crippen MR) is 103 cm³/mol. The van der Waals surface area contributed by atoms with E-state index in [-0.39, 0.29) is 11.5 Å². The van der Waals surface area contributed by atoms with E-state index in [2.05, 4.69) is 20.3 Å². The van der Waals surface area contributed by atoms with Gasteiger partial charge < -0.3 is 5.73 Å². The molecule has 0 fully saturated rings. The minimum Gasteiger partial charge on any atom is -0.322 e. The molecule has 5 N–H and O–H groups in total. The number of nitrogens with zero attached hydrogens (tertiary/aromatic N) is 1. The highest BCUT2D eigenvalue weighted by Gasteiger charge is 2.12. The topological polar surface area (TPSA) is 97.8 Å². The van der Waals surface area contributed by atoms with E-state index in [1.807, 2.05) is 68.4 Å². The molecule has 0 atom stereocenters. The van der Waals surface area contributed by atoms with Crippen LogP contribution in [-0.4, -0.2) is 15.9 Å². The lowest BCUT2D eigenvalue weighted by Crippen LogP contribution is -2.73. The van der Waals surface area contributed by atoms with Crippen LogP contribution in [0, 0.1) is 13.8 Å². The van der Waals surface area contributed by atoms with Gasteiger partial charge >= 0.3 is 5.95 Å². The summed E-state index contributed by atoms with van der Waals surface area (Å²) in [6.07, 6.45) is 0.538. The first-order valence-corrected chi connectivity index (χ1v) is 8.38. The molecule has 26 heavy (non-hydrogen) atoms. The summed E-state index contributed by atoms with van der Waals surface area (Å²) in [5, 5.41) is 3.05. The Labute approximate surface area is 151 Å². The van der Waals surface area contributed by atoms with Gasteiger partial charge in [0.1, 0.15) is 0 Å². The maximum absolute atomic E-state index is 12.4. The fourth-order valence-corrected chi connectivity index (χ4v) is 2.71. The third-order valence-corrected chi connectivity index (χ3v) is 4.00. The van der Waals surface area contributed by atoms with E-state index in [9.17, 15) is 4.79 Å². The van der Waals surface area contributed by atoms with Gasteiger partial charge in [0.05, 0.1) is 16.9 Å². The summed E-state index contributed by atoms with van der Waals surface area (Å²) in [5.41, 5.74) is 10.2. The van der Waals surface area contributed by atoms with Crippen LogP contribution in [0.2, 0.25) is 0 Å². The number of hydrogen-bond acceptors (Lipinski definition) is 2. The molecule has 0 spiro atoms. The minimum atomic E-state index is -0.174. The molecule has 0 saturated heterocycles. The quantitative estimate of drug-likeness (QED) is 0.419. The van der Waals surface area contributed by atoms with Crippen molar-refractivity contribution in [3.05, 3.63) is 87.3 Å². The Morgan fingerprint density at radius 2 is 1.92 bits per heavy atom. The second-order valence-electron chi connectivity index (χ2n) is 6.17. The van der Waals surface area contributed by atoms with Crippen molar-refractivity contribution in [2.24, 2.45) is 5.73 Å². The average Bonchev–Trinajstić information content (AvgIpc) is 2.59. The van der Waals surface area contributed by atoms with Gasteiger partial charge in [0.2, 0.25) is 0 Å². The Bertz CT molecular complexity index is 993. The Morgan fingerprint density at radius 3 is 2.62 bits per heavy atom. The van der Waals surface area contributed by atoms with Crippen molar-refractivity contribution in [3.8, 4) is 0 Å². The van der Waals surface area contributed by atoms with Gasteiger partial charge in [-0.25, -0.2) is 9.98 Å². The van der Waals surface area contributed by atoms with E-state index in [1.54, 1.807) is 0 Å². The van der Waals surface area contributed by atoms with Crippen molar-refractivity contribution in [1.82, 2.24) is 9.97 Å². The highest BCUT2D eigenvalue weighted by molar-refractivity contribution is 5.88. The average molecular weight is 348 g/mol. The number of H-pyrrole nitrogens is 1. The van der Waals surface area contributed by atoms with E-state index in [0.717, 1.165) is 16.8 Å². The SMILES string of the molecule is Cc1cccc(NC(N)=[NH+]c2nc(C)c(Cc3ccccc3)c(=O)[nH]2)c1. The standard InChI is InChI=1S/C20H21N5O/c1-13-7-6-10-16(11-13)23-19(21)25-20-22-14(2)17(18(26)24-20)12-15-8-4-3-5-9-15/h3-11H,12H2,1-2H3,(H4,21,22,23,24,25,26)/p+1. The highest BCUT2D eigenvalue weighted by atomic mass is 16.1. The summed E-state index contributed by atoms with van der Waals surface area (Å²) in [4.78, 5) is 22.5. The Morgan fingerprint density at radius 1 is 1.15 bits per heavy atom. The van der Waals surface area contributed by atoms with E-state index in [4.69, 9.17) is 5.73 Å². The van der Waals surface area contributed by atoms with E-state index in [0.29, 0.717) is 23.6 Å². The molecule has 0 amide bonds. The van der Waals surface area contributed by atoms with Crippen LogP contribution < -0.4 is 21.6 Å². The van der Waals surface area contributed by atoms with Crippen LogP contribution in [0.3, 0.4) is 0 Å². The van der Waals surface area contributed by atoms with Crippen LogP contribution in [0.5, 0.6) is 0 Å². The second kappa shape index (κ2) is 7.65. The van der Waals surface area contributed by atoms with Crippen molar-refractivity contribution in [3.63, 3.8) is 0 Å². The third kappa shape index (κ3) is 4.36.